The van der Waals surface area contributed by atoms with Crippen LogP contribution in [0.3, 0.4) is 0 Å². The number of benzene rings is 1. The van der Waals surface area contributed by atoms with E-state index in [1.54, 1.807) is 0 Å². The van der Waals surface area contributed by atoms with Crippen LogP contribution >= 0.6 is 0 Å². The zero-order chi connectivity index (χ0) is 10.7. The smallest absolute Gasteiger partial charge is 0.338 e. The van der Waals surface area contributed by atoms with Crippen LogP contribution in [0.25, 0.3) is 0 Å². The van der Waals surface area contributed by atoms with E-state index in [0.717, 1.165) is 36.8 Å². The second-order valence-corrected chi connectivity index (χ2v) is 4.03. The summed E-state index contributed by atoms with van der Waals surface area (Å²) in [6.45, 7) is 2.15. The summed E-state index contributed by atoms with van der Waals surface area (Å²) in [5, 5.41) is 0. The van der Waals surface area contributed by atoms with Gasteiger partial charge in [0, 0.05) is 6.42 Å². The Kier molecular flexibility index (Phi) is 3.05. The van der Waals surface area contributed by atoms with Crippen LogP contribution < -0.4 is 0 Å². The molecule has 0 radical (unpaired) electrons. The molecule has 0 bridgehead atoms. The molecule has 0 N–H and O–H groups in total. The molecule has 0 unspecified atom stereocenters. The van der Waals surface area contributed by atoms with Gasteiger partial charge in [0.15, 0.2) is 0 Å². The Morgan fingerprint density at radius 3 is 3.00 bits per heavy atom. The van der Waals surface area contributed by atoms with E-state index in [4.69, 9.17) is 4.74 Å². The molecule has 80 valence electrons. The molecule has 1 aliphatic heterocycles. The van der Waals surface area contributed by atoms with E-state index in [1.807, 2.05) is 24.3 Å². The minimum absolute atomic E-state index is 0.0901. The maximum absolute atomic E-state index is 11.6. The lowest BCUT2D eigenvalue weighted by Crippen LogP contribution is -2.27. The highest BCUT2D eigenvalue weighted by Gasteiger charge is 2.24. The Morgan fingerprint density at radius 2 is 2.20 bits per heavy atom. The zero-order valence-electron chi connectivity index (χ0n) is 9.03. The van der Waals surface area contributed by atoms with Crippen molar-refractivity contribution in [2.45, 2.75) is 38.7 Å². The van der Waals surface area contributed by atoms with Gasteiger partial charge in [-0.3, -0.25) is 0 Å². The van der Waals surface area contributed by atoms with Gasteiger partial charge >= 0.3 is 5.97 Å². The molecule has 0 saturated carbocycles. The zero-order valence-corrected chi connectivity index (χ0v) is 9.03. The molecule has 0 amide bonds. The lowest BCUT2D eigenvalue weighted by Gasteiger charge is -2.24. The van der Waals surface area contributed by atoms with Crippen LogP contribution in [0.15, 0.2) is 24.3 Å². The Hall–Kier alpha value is -1.31. The predicted octanol–water partition coefficient (Wildman–Crippen LogP) is 2.96. The molecule has 0 fully saturated rings. The molecular weight excluding hydrogens is 188 g/mol. The fourth-order valence-electron chi connectivity index (χ4n) is 1.99. The third-order valence-electron chi connectivity index (χ3n) is 2.84. The van der Waals surface area contributed by atoms with Gasteiger partial charge in [-0.15, -0.1) is 0 Å². The number of carbonyl (C=O) groups excluding carboxylic acids is 1. The molecule has 1 atom stereocenters. The molecular formula is C13H16O2. The van der Waals surface area contributed by atoms with Crippen LogP contribution in [0.5, 0.6) is 0 Å². The van der Waals surface area contributed by atoms with Gasteiger partial charge in [0.1, 0.15) is 6.10 Å². The van der Waals surface area contributed by atoms with Crippen LogP contribution in [0.1, 0.15) is 42.1 Å². The first-order valence-corrected chi connectivity index (χ1v) is 5.60. The summed E-state index contributed by atoms with van der Waals surface area (Å²) < 4.78 is 5.38. The molecule has 15 heavy (non-hydrogen) atoms. The second kappa shape index (κ2) is 4.47. The Balaban J connectivity index is 2.12. The molecule has 0 saturated heterocycles. The molecule has 0 aliphatic carbocycles. The maximum atomic E-state index is 11.6. The highest BCUT2D eigenvalue weighted by atomic mass is 16.5. The van der Waals surface area contributed by atoms with E-state index in [9.17, 15) is 4.79 Å². The third-order valence-corrected chi connectivity index (χ3v) is 2.84. The van der Waals surface area contributed by atoms with Crippen LogP contribution in [-0.2, 0) is 11.2 Å². The van der Waals surface area contributed by atoms with Crippen LogP contribution in [0, 0.1) is 0 Å². The van der Waals surface area contributed by atoms with E-state index >= 15 is 0 Å². The number of carbonyl (C=O) groups is 1. The van der Waals surface area contributed by atoms with Gasteiger partial charge in [0.05, 0.1) is 5.56 Å². The van der Waals surface area contributed by atoms with Gasteiger partial charge in [0.2, 0.25) is 0 Å². The number of rotatable bonds is 3. The monoisotopic (exact) mass is 204 g/mol. The summed E-state index contributed by atoms with van der Waals surface area (Å²) in [6, 6.07) is 7.73. The van der Waals surface area contributed by atoms with Crippen molar-refractivity contribution in [2.75, 3.05) is 0 Å². The predicted molar refractivity (Wildman–Crippen MR) is 58.9 cm³/mol. The van der Waals surface area contributed by atoms with Gasteiger partial charge in [-0.05, 0) is 18.1 Å². The lowest BCUT2D eigenvalue weighted by molar-refractivity contribution is 0.0233. The summed E-state index contributed by atoms with van der Waals surface area (Å²) >= 11 is 0. The van der Waals surface area contributed by atoms with Gasteiger partial charge in [-0.1, -0.05) is 38.0 Å². The summed E-state index contributed by atoms with van der Waals surface area (Å²) in [5.74, 6) is -0.155. The largest absolute Gasteiger partial charge is 0.458 e. The van der Waals surface area contributed by atoms with Crippen molar-refractivity contribution in [2.24, 2.45) is 0 Å². The van der Waals surface area contributed by atoms with Gasteiger partial charge in [0.25, 0.3) is 0 Å². The Morgan fingerprint density at radius 1 is 1.40 bits per heavy atom. The number of fused-ring (bicyclic) bond motifs is 1. The number of hydrogen-bond donors (Lipinski definition) is 0. The van der Waals surface area contributed by atoms with Crippen molar-refractivity contribution in [1.82, 2.24) is 0 Å². The number of esters is 1. The van der Waals surface area contributed by atoms with Crippen molar-refractivity contribution >= 4 is 5.97 Å². The molecule has 1 aliphatic rings. The average Bonchev–Trinajstić information content (AvgIpc) is 2.26. The summed E-state index contributed by atoms with van der Waals surface area (Å²) in [5.41, 5.74) is 1.88. The number of cyclic esters (lactones) is 1. The van der Waals surface area contributed by atoms with Crippen molar-refractivity contribution in [3.63, 3.8) is 0 Å². The van der Waals surface area contributed by atoms with Crippen molar-refractivity contribution in [1.29, 1.82) is 0 Å². The van der Waals surface area contributed by atoms with Crippen LogP contribution in [-0.4, -0.2) is 12.1 Å². The molecule has 1 heterocycles. The molecule has 2 nitrogen and oxygen atoms in total. The fraction of sp³-hybridized carbons (Fsp3) is 0.462. The summed E-state index contributed by atoms with van der Waals surface area (Å²) in [6.07, 6.45) is 4.22. The first kappa shape index (κ1) is 10.2. The van der Waals surface area contributed by atoms with E-state index in [-0.39, 0.29) is 12.1 Å². The molecule has 2 rings (SSSR count). The molecule has 1 aromatic carbocycles. The third kappa shape index (κ3) is 2.20. The molecule has 0 aromatic heterocycles. The number of hydrogen-bond acceptors (Lipinski definition) is 2. The van der Waals surface area contributed by atoms with E-state index in [2.05, 4.69) is 6.92 Å². The Bertz CT molecular complexity index is 357. The van der Waals surface area contributed by atoms with E-state index < -0.39 is 0 Å². The van der Waals surface area contributed by atoms with Gasteiger partial charge < -0.3 is 4.74 Å². The first-order valence-electron chi connectivity index (χ1n) is 5.60. The van der Waals surface area contributed by atoms with Gasteiger partial charge in [-0.25, -0.2) is 4.79 Å². The maximum Gasteiger partial charge on any atom is 0.338 e. The highest BCUT2D eigenvalue weighted by molar-refractivity contribution is 5.92. The minimum Gasteiger partial charge on any atom is -0.458 e. The summed E-state index contributed by atoms with van der Waals surface area (Å²) in [4.78, 5) is 11.6. The Labute approximate surface area is 90.3 Å². The second-order valence-electron chi connectivity index (χ2n) is 4.03. The SMILES string of the molecule is CCCC[C@@H]1Cc2ccccc2C(=O)O1. The minimum atomic E-state index is -0.155. The van der Waals surface area contributed by atoms with E-state index in [0.29, 0.717) is 0 Å². The first-order chi connectivity index (χ1) is 7.31. The lowest BCUT2D eigenvalue weighted by atomic mass is 9.96. The molecule has 2 heteroatoms. The highest BCUT2D eigenvalue weighted by Crippen LogP contribution is 2.22. The van der Waals surface area contributed by atoms with Crippen molar-refractivity contribution in [3.8, 4) is 0 Å². The normalized spacial score (nSPS) is 19.5. The standard InChI is InChI=1S/C13H16O2/c1-2-3-7-11-9-10-6-4-5-8-12(10)13(14)15-11/h4-6,8,11H,2-3,7,9H2,1H3/t11-/m1/s1. The van der Waals surface area contributed by atoms with Crippen LogP contribution in [0.2, 0.25) is 0 Å². The number of ether oxygens (including phenoxy) is 1. The molecule has 1 aromatic rings. The molecule has 0 spiro atoms. The quantitative estimate of drug-likeness (QED) is 0.707. The average molecular weight is 204 g/mol. The number of unbranched alkanes of at least 4 members (excludes halogenated alkanes) is 1. The van der Waals surface area contributed by atoms with E-state index in [1.165, 1.54) is 0 Å². The van der Waals surface area contributed by atoms with Crippen molar-refractivity contribution in [3.05, 3.63) is 35.4 Å². The van der Waals surface area contributed by atoms with Crippen LogP contribution in [0.4, 0.5) is 0 Å². The topological polar surface area (TPSA) is 26.3 Å². The summed E-state index contributed by atoms with van der Waals surface area (Å²) in [7, 11) is 0. The van der Waals surface area contributed by atoms with Crippen molar-refractivity contribution < 1.29 is 9.53 Å². The van der Waals surface area contributed by atoms with Gasteiger partial charge in [-0.2, -0.15) is 0 Å². The fourth-order valence-corrected chi connectivity index (χ4v) is 1.99.